The number of halogens is 1. The second kappa shape index (κ2) is 4.42. The fourth-order valence-corrected chi connectivity index (χ4v) is 1.72. The summed E-state index contributed by atoms with van der Waals surface area (Å²) in [5.74, 6) is 0.918. The maximum absolute atomic E-state index is 13.3. The van der Waals surface area contributed by atoms with Crippen LogP contribution in [0.1, 0.15) is 19.4 Å². The van der Waals surface area contributed by atoms with Gasteiger partial charge < -0.3 is 9.47 Å². The van der Waals surface area contributed by atoms with Crippen LogP contribution in [0.4, 0.5) is 4.39 Å². The number of alkyl halides is 1. The lowest BCUT2D eigenvalue weighted by Gasteiger charge is -2.27. The minimum absolute atomic E-state index is 0.0371. The minimum Gasteiger partial charge on any atom is -0.491 e. The summed E-state index contributed by atoms with van der Waals surface area (Å²) in [6.07, 6.45) is 0.761. The average Bonchev–Trinajstić information content (AvgIpc) is 2.25. The largest absolute Gasteiger partial charge is 0.491 e. The summed E-state index contributed by atoms with van der Waals surface area (Å²) in [5.41, 5.74) is -0.146. The molecule has 1 aliphatic heterocycles. The van der Waals surface area contributed by atoms with E-state index in [0.29, 0.717) is 6.61 Å². The van der Waals surface area contributed by atoms with E-state index in [4.69, 9.17) is 9.47 Å². The lowest BCUT2D eigenvalue weighted by molar-refractivity contribution is -0.0360. The van der Waals surface area contributed by atoms with Gasteiger partial charge in [-0.15, -0.1) is 0 Å². The zero-order chi connectivity index (χ0) is 11.6. The van der Waals surface area contributed by atoms with Gasteiger partial charge in [-0.3, -0.25) is 0 Å². The van der Waals surface area contributed by atoms with Gasteiger partial charge in [0.05, 0.1) is 12.7 Å². The molecule has 0 aliphatic carbocycles. The van der Waals surface area contributed by atoms with Crippen molar-refractivity contribution in [2.24, 2.45) is 0 Å². The van der Waals surface area contributed by atoms with Crippen molar-refractivity contribution in [3.63, 3.8) is 0 Å². The fourth-order valence-electron chi connectivity index (χ4n) is 1.72. The standard InChI is InChI=1S/C13H17FO2/c1-13(2,14)9-16-11-7-10-5-3-4-6-12(10)15-8-11/h3-6,11H,7-9H2,1-2H3/t11-/m1/s1. The Labute approximate surface area is 95.4 Å². The summed E-state index contributed by atoms with van der Waals surface area (Å²) in [4.78, 5) is 0. The zero-order valence-electron chi connectivity index (χ0n) is 9.70. The fraction of sp³-hybridized carbons (Fsp3) is 0.538. The molecule has 0 amide bonds. The van der Waals surface area contributed by atoms with Crippen molar-refractivity contribution >= 4 is 0 Å². The van der Waals surface area contributed by atoms with Crippen LogP contribution in [0.5, 0.6) is 5.75 Å². The molecule has 0 unspecified atom stereocenters. The Morgan fingerprint density at radius 2 is 2.19 bits per heavy atom. The highest BCUT2D eigenvalue weighted by atomic mass is 19.1. The van der Waals surface area contributed by atoms with E-state index in [0.717, 1.165) is 17.7 Å². The summed E-state index contributed by atoms with van der Waals surface area (Å²) < 4.78 is 24.3. The highest BCUT2D eigenvalue weighted by Crippen LogP contribution is 2.25. The Bertz CT molecular complexity index is 357. The first-order valence-electron chi connectivity index (χ1n) is 5.56. The second-order valence-corrected chi connectivity index (χ2v) is 4.77. The third kappa shape index (κ3) is 2.95. The van der Waals surface area contributed by atoms with Crippen molar-refractivity contribution in [2.45, 2.75) is 32.0 Å². The first-order chi connectivity index (χ1) is 7.54. The van der Waals surface area contributed by atoms with E-state index < -0.39 is 5.67 Å². The first kappa shape index (κ1) is 11.4. The quantitative estimate of drug-likeness (QED) is 0.786. The molecule has 0 bridgehead atoms. The molecule has 88 valence electrons. The van der Waals surface area contributed by atoms with Crippen molar-refractivity contribution in [3.8, 4) is 5.75 Å². The van der Waals surface area contributed by atoms with Gasteiger partial charge >= 0.3 is 0 Å². The van der Waals surface area contributed by atoms with Crippen LogP contribution in [-0.2, 0) is 11.2 Å². The Balaban J connectivity index is 1.93. The van der Waals surface area contributed by atoms with Gasteiger partial charge in [0.15, 0.2) is 0 Å². The van der Waals surface area contributed by atoms with Crippen molar-refractivity contribution < 1.29 is 13.9 Å². The molecule has 0 aromatic heterocycles. The molecule has 0 N–H and O–H groups in total. The summed E-state index contributed by atoms with van der Waals surface area (Å²) in [5, 5.41) is 0. The molecule has 0 saturated heterocycles. The molecule has 16 heavy (non-hydrogen) atoms. The lowest BCUT2D eigenvalue weighted by Crippen LogP contribution is -2.33. The van der Waals surface area contributed by atoms with Crippen LogP contribution >= 0.6 is 0 Å². The van der Waals surface area contributed by atoms with Crippen LogP contribution < -0.4 is 4.74 Å². The molecule has 1 aromatic carbocycles. The summed E-state index contributed by atoms with van der Waals surface area (Å²) in [6.45, 7) is 3.66. The molecule has 0 spiro atoms. The SMILES string of the molecule is CC(C)(F)CO[C@H]1COc2ccccc2C1. The van der Waals surface area contributed by atoms with E-state index in [-0.39, 0.29) is 12.7 Å². The van der Waals surface area contributed by atoms with Gasteiger partial charge in [-0.05, 0) is 25.5 Å². The second-order valence-electron chi connectivity index (χ2n) is 4.77. The Hall–Kier alpha value is -1.09. The molecule has 2 nitrogen and oxygen atoms in total. The molecule has 0 radical (unpaired) electrons. The summed E-state index contributed by atoms with van der Waals surface area (Å²) in [6, 6.07) is 7.89. The monoisotopic (exact) mass is 224 g/mol. The Morgan fingerprint density at radius 3 is 2.94 bits per heavy atom. The third-order valence-corrected chi connectivity index (χ3v) is 2.51. The number of ether oxygens (including phenoxy) is 2. The number of benzene rings is 1. The van der Waals surface area contributed by atoms with Crippen LogP contribution in [0.25, 0.3) is 0 Å². The van der Waals surface area contributed by atoms with Crippen molar-refractivity contribution in [1.82, 2.24) is 0 Å². The van der Waals surface area contributed by atoms with E-state index in [1.165, 1.54) is 13.8 Å². The van der Waals surface area contributed by atoms with Crippen LogP contribution in [-0.4, -0.2) is 25.0 Å². The maximum Gasteiger partial charge on any atom is 0.128 e. The Morgan fingerprint density at radius 1 is 1.44 bits per heavy atom. The molecule has 3 heteroatoms. The number of fused-ring (bicyclic) bond motifs is 1. The molecular formula is C13H17FO2. The van der Waals surface area contributed by atoms with Crippen molar-refractivity contribution in [3.05, 3.63) is 29.8 Å². The molecule has 0 fully saturated rings. The van der Waals surface area contributed by atoms with Crippen LogP contribution in [0, 0.1) is 0 Å². The normalized spacial score (nSPS) is 20.1. The molecule has 2 rings (SSSR count). The van der Waals surface area contributed by atoms with E-state index in [1.54, 1.807) is 0 Å². The molecule has 1 heterocycles. The predicted octanol–water partition coefficient (Wildman–Crippen LogP) is 2.75. The van der Waals surface area contributed by atoms with Gasteiger partial charge in [0.2, 0.25) is 0 Å². The highest BCUT2D eigenvalue weighted by Gasteiger charge is 2.23. The summed E-state index contributed by atoms with van der Waals surface area (Å²) in [7, 11) is 0. The van der Waals surface area contributed by atoms with Gasteiger partial charge in [-0.25, -0.2) is 4.39 Å². The topological polar surface area (TPSA) is 18.5 Å². The average molecular weight is 224 g/mol. The molecule has 1 atom stereocenters. The predicted molar refractivity (Wildman–Crippen MR) is 60.6 cm³/mol. The van der Waals surface area contributed by atoms with Crippen LogP contribution in [0.15, 0.2) is 24.3 Å². The van der Waals surface area contributed by atoms with Crippen molar-refractivity contribution in [1.29, 1.82) is 0 Å². The van der Waals surface area contributed by atoms with E-state index in [9.17, 15) is 4.39 Å². The summed E-state index contributed by atoms with van der Waals surface area (Å²) >= 11 is 0. The van der Waals surface area contributed by atoms with Gasteiger partial charge in [0, 0.05) is 6.42 Å². The van der Waals surface area contributed by atoms with E-state index >= 15 is 0 Å². The van der Waals surface area contributed by atoms with Gasteiger partial charge in [0.1, 0.15) is 18.0 Å². The molecule has 1 aliphatic rings. The Kier molecular flexibility index (Phi) is 3.15. The van der Waals surface area contributed by atoms with Crippen LogP contribution in [0.2, 0.25) is 0 Å². The number of hydrogen-bond donors (Lipinski definition) is 0. The smallest absolute Gasteiger partial charge is 0.128 e. The van der Waals surface area contributed by atoms with Gasteiger partial charge in [0.25, 0.3) is 0 Å². The number of hydrogen-bond acceptors (Lipinski definition) is 2. The minimum atomic E-state index is -1.28. The molecule has 0 saturated carbocycles. The van der Waals surface area contributed by atoms with Crippen molar-refractivity contribution in [2.75, 3.05) is 13.2 Å². The lowest BCUT2D eigenvalue weighted by atomic mass is 10.0. The number of para-hydroxylation sites is 1. The van der Waals surface area contributed by atoms with Gasteiger partial charge in [-0.1, -0.05) is 18.2 Å². The van der Waals surface area contributed by atoms with Crippen LogP contribution in [0.3, 0.4) is 0 Å². The molecule has 1 aromatic rings. The zero-order valence-corrected chi connectivity index (χ0v) is 9.70. The van der Waals surface area contributed by atoms with E-state index in [2.05, 4.69) is 0 Å². The third-order valence-electron chi connectivity index (χ3n) is 2.51. The first-order valence-corrected chi connectivity index (χ1v) is 5.56. The number of rotatable bonds is 3. The van der Waals surface area contributed by atoms with E-state index in [1.807, 2.05) is 24.3 Å². The van der Waals surface area contributed by atoms with Gasteiger partial charge in [-0.2, -0.15) is 0 Å². The maximum atomic E-state index is 13.3. The molecular weight excluding hydrogens is 207 g/mol. The highest BCUT2D eigenvalue weighted by molar-refractivity contribution is 5.35.